The first-order valence-electron chi connectivity index (χ1n) is 12.1. The van der Waals surface area contributed by atoms with Crippen LogP contribution in [0.4, 0.5) is 5.95 Å². The third kappa shape index (κ3) is 5.80. The molecule has 3 aromatic rings. The standard InChI is InChI=1S/C25H29N5O5S/c1-3-18-12-26-25(27-13-18)30-10-8-22(9-11-30)35-24-17(2)23(28-16-29-24)34-21-6-4-19(5-7-21)20-14-32-36(31)33-15-20/h4-7,12-13,16,20,22H,3,8-11,14-15H2,1-2H3/t20-,36-. The summed E-state index contributed by atoms with van der Waals surface area (Å²) >= 11 is -1.64. The third-order valence-corrected chi connectivity index (χ3v) is 7.05. The Morgan fingerprint density at radius 1 is 1.00 bits per heavy atom. The van der Waals surface area contributed by atoms with Crippen LogP contribution in [-0.4, -0.2) is 56.6 Å². The fourth-order valence-corrected chi connectivity index (χ4v) is 4.75. The lowest BCUT2D eigenvalue weighted by Gasteiger charge is -2.32. The van der Waals surface area contributed by atoms with Gasteiger partial charge in [-0.05, 0) is 36.6 Å². The number of anilines is 1. The molecule has 2 fully saturated rings. The Morgan fingerprint density at radius 3 is 2.33 bits per heavy atom. The summed E-state index contributed by atoms with van der Waals surface area (Å²) in [4.78, 5) is 19.8. The Balaban J connectivity index is 1.17. The molecule has 1 aromatic carbocycles. The highest BCUT2D eigenvalue weighted by molar-refractivity contribution is 7.75. The van der Waals surface area contributed by atoms with E-state index in [0.717, 1.165) is 55.0 Å². The molecule has 0 saturated carbocycles. The van der Waals surface area contributed by atoms with E-state index in [4.69, 9.17) is 17.8 Å². The molecule has 5 rings (SSSR count). The van der Waals surface area contributed by atoms with Crippen molar-refractivity contribution in [1.29, 1.82) is 0 Å². The molecule has 2 aromatic heterocycles. The van der Waals surface area contributed by atoms with Crippen LogP contribution in [0, 0.1) is 6.92 Å². The van der Waals surface area contributed by atoms with Gasteiger partial charge in [0.15, 0.2) is 0 Å². The molecular formula is C25H29N5O5S. The van der Waals surface area contributed by atoms with E-state index in [2.05, 4.69) is 31.8 Å². The van der Waals surface area contributed by atoms with E-state index in [-0.39, 0.29) is 12.0 Å². The van der Waals surface area contributed by atoms with Crippen molar-refractivity contribution in [2.45, 2.75) is 45.1 Å². The van der Waals surface area contributed by atoms with Crippen molar-refractivity contribution >= 4 is 17.3 Å². The third-order valence-electron chi connectivity index (χ3n) is 6.39. The van der Waals surface area contributed by atoms with E-state index in [1.807, 2.05) is 43.6 Å². The lowest BCUT2D eigenvalue weighted by molar-refractivity contribution is 0.160. The lowest BCUT2D eigenvalue weighted by Crippen LogP contribution is -2.39. The number of hydrogen-bond acceptors (Lipinski definition) is 10. The van der Waals surface area contributed by atoms with Crippen LogP contribution >= 0.6 is 0 Å². The Kier molecular flexibility index (Phi) is 7.69. The first kappa shape index (κ1) is 24.5. The van der Waals surface area contributed by atoms with Gasteiger partial charge < -0.3 is 14.4 Å². The second kappa shape index (κ2) is 11.3. The van der Waals surface area contributed by atoms with Gasteiger partial charge in [-0.1, -0.05) is 19.1 Å². The summed E-state index contributed by atoms with van der Waals surface area (Å²) in [5, 5.41) is 0. The number of aryl methyl sites for hydroxylation is 1. The fraction of sp³-hybridized carbons (Fsp3) is 0.440. The molecule has 0 bridgehead atoms. The average molecular weight is 512 g/mol. The number of nitrogens with zero attached hydrogens (tertiary/aromatic N) is 5. The summed E-state index contributed by atoms with van der Waals surface area (Å²) in [6, 6.07) is 7.63. The van der Waals surface area contributed by atoms with Crippen molar-refractivity contribution in [3.8, 4) is 17.5 Å². The second-order valence-electron chi connectivity index (χ2n) is 8.80. The molecule has 2 aliphatic rings. The number of rotatable bonds is 7. The topological polar surface area (TPSA) is 109 Å². The Bertz CT molecular complexity index is 1180. The van der Waals surface area contributed by atoms with E-state index in [9.17, 15) is 4.21 Å². The molecule has 11 heteroatoms. The van der Waals surface area contributed by atoms with Crippen LogP contribution in [0.2, 0.25) is 0 Å². The minimum absolute atomic E-state index is 0.0335. The van der Waals surface area contributed by atoms with Crippen LogP contribution in [-0.2, 0) is 26.1 Å². The summed E-state index contributed by atoms with van der Waals surface area (Å²) in [7, 11) is 0. The molecule has 2 saturated heterocycles. The van der Waals surface area contributed by atoms with Crippen molar-refractivity contribution in [1.82, 2.24) is 19.9 Å². The summed E-state index contributed by atoms with van der Waals surface area (Å²) < 4.78 is 33.6. The van der Waals surface area contributed by atoms with E-state index in [1.165, 1.54) is 6.33 Å². The first-order chi connectivity index (χ1) is 17.6. The van der Waals surface area contributed by atoms with Gasteiger partial charge in [0.25, 0.3) is 0 Å². The number of ether oxygens (including phenoxy) is 2. The number of benzene rings is 1. The molecule has 2 aliphatic heterocycles. The highest BCUT2D eigenvalue weighted by Gasteiger charge is 2.24. The van der Waals surface area contributed by atoms with Gasteiger partial charge in [-0.25, -0.2) is 19.9 Å². The zero-order valence-corrected chi connectivity index (χ0v) is 21.1. The molecule has 4 heterocycles. The number of hydrogen-bond donors (Lipinski definition) is 0. The molecule has 0 unspecified atom stereocenters. The molecule has 0 atom stereocenters. The van der Waals surface area contributed by atoms with Gasteiger partial charge in [0, 0.05) is 44.2 Å². The minimum Gasteiger partial charge on any atom is -0.474 e. The normalized spacial score (nSPS) is 20.8. The van der Waals surface area contributed by atoms with Gasteiger partial charge in [0.05, 0.1) is 18.8 Å². The molecule has 190 valence electrons. The van der Waals surface area contributed by atoms with Gasteiger partial charge >= 0.3 is 11.4 Å². The van der Waals surface area contributed by atoms with Crippen LogP contribution in [0.5, 0.6) is 17.5 Å². The van der Waals surface area contributed by atoms with Gasteiger partial charge in [-0.15, -0.1) is 0 Å². The number of aromatic nitrogens is 4. The van der Waals surface area contributed by atoms with Gasteiger partial charge in [-0.2, -0.15) is 4.21 Å². The summed E-state index contributed by atoms with van der Waals surface area (Å²) in [5.74, 6) is 2.43. The summed E-state index contributed by atoms with van der Waals surface area (Å²) in [6.07, 6.45) is 7.93. The SMILES string of the molecule is CCc1cnc(N2CCC(Oc3ncnc(Oc4ccc([C@H]5CO[S@](=O)OC5)cc4)c3C)CC2)nc1. The maximum atomic E-state index is 11.2. The van der Waals surface area contributed by atoms with Crippen molar-refractivity contribution in [2.75, 3.05) is 31.2 Å². The number of piperidine rings is 1. The molecule has 0 radical (unpaired) electrons. The smallest absolute Gasteiger partial charge is 0.304 e. The Hall–Kier alpha value is -3.15. The second-order valence-corrected chi connectivity index (χ2v) is 9.68. The van der Waals surface area contributed by atoms with Crippen molar-refractivity contribution < 1.29 is 22.0 Å². The molecule has 0 aliphatic carbocycles. The van der Waals surface area contributed by atoms with Gasteiger partial charge in [0.2, 0.25) is 17.7 Å². The van der Waals surface area contributed by atoms with Gasteiger partial charge in [0.1, 0.15) is 18.2 Å². The zero-order valence-electron chi connectivity index (χ0n) is 20.3. The molecule has 0 amide bonds. The zero-order chi connectivity index (χ0) is 24.9. The highest BCUT2D eigenvalue weighted by Crippen LogP contribution is 2.31. The van der Waals surface area contributed by atoms with E-state index >= 15 is 0 Å². The molecule has 0 spiro atoms. The molecule has 0 N–H and O–H groups in total. The van der Waals surface area contributed by atoms with Crippen LogP contribution < -0.4 is 14.4 Å². The molecular weight excluding hydrogens is 482 g/mol. The van der Waals surface area contributed by atoms with E-state index < -0.39 is 11.4 Å². The predicted octanol–water partition coefficient (Wildman–Crippen LogP) is 3.69. The quantitative estimate of drug-likeness (QED) is 0.466. The highest BCUT2D eigenvalue weighted by atomic mass is 32.2. The fourth-order valence-electron chi connectivity index (χ4n) is 4.14. The van der Waals surface area contributed by atoms with Gasteiger partial charge in [-0.3, -0.25) is 8.37 Å². The van der Waals surface area contributed by atoms with Crippen LogP contribution in [0.3, 0.4) is 0 Å². The maximum Gasteiger partial charge on any atom is 0.304 e. The monoisotopic (exact) mass is 511 g/mol. The lowest BCUT2D eigenvalue weighted by atomic mass is 10.0. The first-order valence-corrected chi connectivity index (χ1v) is 13.1. The maximum absolute atomic E-state index is 11.2. The van der Waals surface area contributed by atoms with Crippen molar-refractivity contribution in [3.05, 3.63) is 59.7 Å². The average Bonchev–Trinajstić information content (AvgIpc) is 2.92. The Morgan fingerprint density at radius 2 is 1.67 bits per heavy atom. The minimum atomic E-state index is -1.64. The Labute approximate surface area is 212 Å². The van der Waals surface area contributed by atoms with E-state index in [0.29, 0.717) is 30.7 Å². The van der Waals surface area contributed by atoms with Crippen molar-refractivity contribution in [2.24, 2.45) is 0 Å². The summed E-state index contributed by atoms with van der Waals surface area (Å²) in [5.41, 5.74) is 2.91. The van der Waals surface area contributed by atoms with Crippen LogP contribution in [0.1, 0.15) is 42.4 Å². The summed E-state index contributed by atoms with van der Waals surface area (Å²) in [6.45, 7) is 6.35. The largest absolute Gasteiger partial charge is 0.474 e. The molecule has 36 heavy (non-hydrogen) atoms. The van der Waals surface area contributed by atoms with Crippen LogP contribution in [0.25, 0.3) is 0 Å². The molecule has 10 nitrogen and oxygen atoms in total. The van der Waals surface area contributed by atoms with Crippen molar-refractivity contribution in [3.63, 3.8) is 0 Å². The predicted molar refractivity (Wildman–Crippen MR) is 133 cm³/mol. The van der Waals surface area contributed by atoms with E-state index in [1.54, 1.807) is 0 Å². The van der Waals surface area contributed by atoms with Crippen LogP contribution in [0.15, 0.2) is 43.0 Å².